The predicted octanol–water partition coefficient (Wildman–Crippen LogP) is 2.00. The second-order valence-corrected chi connectivity index (χ2v) is 4.81. The zero-order valence-corrected chi connectivity index (χ0v) is 10.2. The van der Waals surface area contributed by atoms with Crippen LogP contribution in [0.15, 0.2) is 34.2 Å². The molecule has 0 aromatic heterocycles. The Bertz CT molecular complexity index is 442. The Morgan fingerprint density at radius 2 is 2.19 bits per heavy atom. The Balaban J connectivity index is 1.96. The summed E-state index contributed by atoms with van der Waals surface area (Å²) < 4.78 is 0. The summed E-state index contributed by atoms with van der Waals surface area (Å²) in [4.78, 5) is 16.7. The summed E-state index contributed by atoms with van der Waals surface area (Å²) in [5.41, 5.74) is 1.26. The summed E-state index contributed by atoms with van der Waals surface area (Å²) in [5, 5.41) is 2.78. The van der Waals surface area contributed by atoms with E-state index < -0.39 is 0 Å². The van der Waals surface area contributed by atoms with Gasteiger partial charge in [0.1, 0.15) is 11.9 Å². The van der Waals surface area contributed by atoms with Crippen molar-refractivity contribution in [1.82, 2.24) is 5.32 Å². The van der Waals surface area contributed by atoms with Crippen LogP contribution in [0.1, 0.15) is 12.5 Å². The zero-order valence-electron chi connectivity index (χ0n) is 9.36. The summed E-state index contributed by atoms with van der Waals surface area (Å²) in [6.45, 7) is 3.89. The average Bonchev–Trinajstić information content (AvgIpc) is 2.57. The molecule has 0 saturated carbocycles. The van der Waals surface area contributed by atoms with E-state index in [-0.39, 0.29) is 11.9 Å². The Hall–Kier alpha value is -1.29. The lowest BCUT2D eigenvalue weighted by atomic mass is 10.2. The van der Waals surface area contributed by atoms with Gasteiger partial charge in [0.05, 0.1) is 5.75 Å². The monoisotopic (exact) mass is 234 g/mol. The summed E-state index contributed by atoms with van der Waals surface area (Å²) in [6.07, 6.45) is 0. The molecule has 0 saturated heterocycles. The molecule has 4 heteroatoms. The van der Waals surface area contributed by atoms with Crippen molar-refractivity contribution in [2.75, 3.05) is 5.75 Å². The molecule has 2 rings (SSSR count). The van der Waals surface area contributed by atoms with Gasteiger partial charge in [-0.05, 0) is 25.5 Å². The van der Waals surface area contributed by atoms with E-state index in [0.717, 1.165) is 11.6 Å². The van der Waals surface area contributed by atoms with Gasteiger partial charge in [0, 0.05) is 4.90 Å². The van der Waals surface area contributed by atoms with Gasteiger partial charge in [-0.1, -0.05) is 18.2 Å². The van der Waals surface area contributed by atoms with E-state index >= 15 is 0 Å². The largest absolute Gasteiger partial charge is 0.312 e. The van der Waals surface area contributed by atoms with E-state index in [9.17, 15) is 4.79 Å². The lowest BCUT2D eigenvalue weighted by Crippen LogP contribution is -2.28. The summed E-state index contributed by atoms with van der Waals surface area (Å²) in [5.74, 6) is 1.51. The topological polar surface area (TPSA) is 41.5 Å². The molecular formula is C12H14N2OS. The molecule has 1 amide bonds. The minimum atomic E-state index is -0.229. The first-order chi connectivity index (χ1) is 7.66. The van der Waals surface area contributed by atoms with Gasteiger partial charge >= 0.3 is 0 Å². The van der Waals surface area contributed by atoms with Crippen LogP contribution in [-0.2, 0) is 4.79 Å². The molecule has 1 aromatic carbocycles. The molecule has 1 heterocycles. The molecule has 0 fully saturated rings. The maximum Gasteiger partial charge on any atom is 0.249 e. The molecule has 0 bridgehead atoms. The number of nitrogens with one attached hydrogen (secondary N) is 1. The smallest absolute Gasteiger partial charge is 0.249 e. The average molecular weight is 234 g/mol. The number of hydrogen-bond acceptors (Lipinski definition) is 3. The van der Waals surface area contributed by atoms with Crippen LogP contribution in [-0.4, -0.2) is 23.5 Å². The van der Waals surface area contributed by atoms with Crippen molar-refractivity contribution in [3.05, 3.63) is 29.8 Å². The van der Waals surface area contributed by atoms with Crippen LogP contribution in [0.3, 0.4) is 0 Å². The highest BCUT2D eigenvalue weighted by molar-refractivity contribution is 8.00. The van der Waals surface area contributed by atoms with Crippen molar-refractivity contribution < 1.29 is 4.79 Å². The first-order valence-electron chi connectivity index (χ1n) is 5.23. The van der Waals surface area contributed by atoms with Crippen LogP contribution in [0.2, 0.25) is 0 Å². The fourth-order valence-electron chi connectivity index (χ4n) is 1.51. The first kappa shape index (κ1) is 11.2. The molecule has 1 aliphatic rings. The summed E-state index contributed by atoms with van der Waals surface area (Å²) in [6, 6.07) is 7.98. The van der Waals surface area contributed by atoms with Gasteiger partial charge in [-0.25, -0.2) is 0 Å². The number of amides is 1. The van der Waals surface area contributed by atoms with Crippen molar-refractivity contribution in [2.45, 2.75) is 24.8 Å². The molecule has 84 valence electrons. The van der Waals surface area contributed by atoms with Gasteiger partial charge in [-0.15, -0.1) is 11.8 Å². The quantitative estimate of drug-likeness (QED) is 0.813. The normalized spacial score (nSPS) is 19.5. The molecule has 1 aliphatic heterocycles. The number of benzene rings is 1. The van der Waals surface area contributed by atoms with Crippen molar-refractivity contribution in [3.63, 3.8) is 0 Å². The van der Waals surface area contributed by atoms with Gasteiger partial charge in [0.2, 0.25) is 5.91 Å². The van der Waals surface area contributed by atoms with Gasteiger partial charge in [-0.2, -0.15) is 0 Å². The van der Waals surface area contributed by atoms with Crippen molar-refractivity contribution in [3.8, 4) is 0 Å². The lowest BCUT2D eigenvalue weighted by molar-refractivity contribution is -0.119. The number of aliphatic imine (C=N–C) groups is 1. The third-order valence-corrected chi connectivity index (χ3v) is 3.64. The van der Waals surface area contributed by atoms with E-state index in [1.54, 1.807) is 18.7 Å². The minimum Gasteiger partial charge on any atom is -0.312 e. The highest BCUT2D eigenvalue weighted by Gasteiger charge is 2.21. The first-order valence-corrected chi connectivity index (χ1v) is 6.21. The molecule has 0 spiro atoms. The fourth-order valence-corrected chi connectivity index (χ4v) is 2.42. The Kier molecular flexibility index (Phi) is 3.29. The number of rotatable bonds is 3. The number of amidine groups is 1. The SMILES string of the molecule is Cc1ccccc1SCC1=NC(C)C(=O)N1. The molecule has 0 radical (unpaired) electrons. The van der Waals surface area contributed by atoms with Gasteiger partial charge in [0.15, 0.2) is 0 Å². The third kappa shape index (κ3) is 2.44. The van der Waals surface area contributed by atoms with E-state index in [0.29, 0.717) is 0 Å². The Morgan fingerprint density at radius 3 is 2.81 bits per heavy atom. The minimum absolute atomic E-state index is 0.000355. The van der Waals surface area contributed by atoms with Crippen LogP contribution in [0.5, 0.6) is 0 Å². The van der Waals surface area contributed by atoms with Gasteiger partial charge in [0.25, 0.3) is 0 Å². The van der Waals surface area contributed by atoms with Gasteiger partial charge in [-0.3, -0.25) is 9.79 Å². The molecule has 1 atom stereocenters. The molecular weight excluding hydrogens is 220 g/mol. The third-order valence-electron chi connectivity index (χ3n) is 2.45. The predicted molar refractivity (Wildman–Crippen MR) is 66.9 cm³/mol. The van der Waals surface area contributed by atoms with Crippen LogP contribution in [0, 0.1) is 6.92 Å². The van der Waals surface area contributed by atoms with E-state index in [2.05, 4.69) is 29.4 Å². The van der Waals surface area contributed by atoms with Crippen molar-refractivity contribution in [1.29, 1.82) is 0 Å². The molecule has 1 aromatic rings. The van der Waals surface area contributed by atoms with E-state index in [1.165, 1.54) is 10.5 Å². The Labute approximate surface area is 99.3 Å². The molecule has 1 unspecified atom stereocenters. The number of hydrogen-bond donors (Lipinski definition) is 1. The van der Waals surface area contributed by atoms with Crippen molar-refractivity contribution in [2.24, 2.45) is 4.99 Å². The fraction of sp³-hybridized carbons (Fsp3) is 0.333. The molecule has 16 heavy (non-hydrogen) atoms. The maximum atomic E-state index is 11.2. The Morgan fingerprint density at radius 1 is 1.44 bits per heavy atom. The van der Waals surface area contributed by atoms with Crippen LogP contribution in [0.25, 0.3) is 0 Å². The highest BCUT2D eigenvalue weighted by Crippen LogP contribution is 2.22. The van der Waals surface area contributed by atoms with Crippen LogP contribution in [0.4, 0.5) is 0 Å². The molecule has 1 N–H and O–H groups in total. The number of thioether (sulfide) groups is 1. The summed E-state index contributed by atoms with van der Waals surface area (Å²) in [7, 11) is 0. The lowest BCUT2D eigenvalue weighted by Gasteiger charge is -2.04. The highest BCUT2D eigenvalue weighted by atomic mass is 32.2. The number of nitrogens with zero attached hydrogens (tertiary/aromatic N) is 1. The zero-order chi connectivity index (χ0) is 11.5. The second kappa shape index (κ2) is 4.70. The van der Waals surface area contributed by atoms with Gasteiger partial charge < -0.3 is 5.32 Å². The number of carbonyl (C=O) groups excluding carboxylic acids is 1. The van der Waals surface area contributed by atoms with E-state index in [1.807, 2.05) is 12.1 Å². The summed E-state index contributed by atoms with van der Waals surface area (Å²) >= 11 is 1.70. The van der Waals surface area contributed by atoms with Crippen LogP contribution < -0.4 is 5.32 Å². The number of carbonyl (C=O) groups is 1. The molecule has 0 aliphatic carbocycles. The second-order valence-electron chi connectivity index (χ2n) is 3.80. The molecule has 3 nitrogen and oxygen atoms in total. The number of aryl methyl sites for hydroxylation is 1. The maximum absolute atomic E-state index is 11.2. The van der Waals surface area contributed by atoms with Crippen molar-refractivity contribution >= 4 is 23.5 Å². The van der Waals surface area contributed by atoms with E-state index in [4.69, 9.17) is 0 Å². The van der Waals surface area contributed by atoms with Crippen LogP contribution >= 0.6 is 11.8 Å². The standard InChI is InChI=1S/C12H14N2OS/c1-8-5-3-4-6-10(8)16-7-11-13-9(2)12(15)14-11/h3-6,9H,7H2,1-2H3,(H,13,14,15).